The van der Waals surface area contributed by atoms with Gasteiger partial charge in [0.2, 0.25) is 0 Å². The van der Waals surface area contributed by atoms with Gasteiger partial charge in [-0.1, -0.05) is 0 Å². The molecule has 6 heteroatoms. The van der Waals surface area contributed by atoms with Crippen molar-refractivity contribution in [2.24, 2.45) is 0 Å². The van der Waals surface area contributed by atoms with Crippen LogP contribution in [0.15, 0.2) is 64.2 Å². The van der Waals surface area contributed by atoms with Crippen LogP contribution >= 0.6 is 15.9 Å². The van der Waals surface area contributed by atoms with Crippen LogP contribution in [0.3, 0.4) is 0 Å². The lowest BCUT2D eigenvalue weighted by Crippen LogP contribution is -2.23. The summed E-state index contributed by atoms with van der Waals surface area (Å²) in [4.78, 5) is 20.2. The van der Waals surface area contributed by atoms with Crippen LogP contribution in [0.1, 0.15) is 15.9 Å². The largest absolute Gasteiger partial charge is 0.464 e. The molecule has 3 rings (SSSR count). The highest BCUT2D eigenvalue weighted by molar-refractivity contribution is 9.10. The molecule has 110 valence electrons. The van der Waals surface area contributed by atoms with Gasteiger partial charge in [0.1, 0.15) is 5.76 Å². The molecule has 0 aliphatic rings. The van der Waals surface area contributed by atoms with Gasteiger partial charge in [-0.15, -0.1) is 0 Å². The monoisotopic (exact) mass is 357 g/mol. The second kappa shape index (κ2) is 6.53. The number of aromatic nitrogens is 2. The summed E-state index contributed by atoms with van der Waals surface area (Å²) in [5, 5.41) is 2.84. The van der Waals surface area contributed by atoms with E-state index in [4.69, 9.17) is 4.42 Å². The van der Waals surface area contributed by atoms with Gasteiger partial charge in [-0.25, -0.2) is 0 Å². The number of halogens is 1. The number of amides is 1. The third kappa shape index (κ3) is 3.40. The van der Waals surface area contributed by atoms with Crippen molar-refractivity contribution in [3.05, 3.63) is 70.9 Å². The molecule has 3 heterocycles. The van der Waals surface area contributed by atoms with Gasteiger partial charge in [-0.2, -0.15) is 0 Å². The van der Waals surface area contributed by atoms with Crippen molar-refractivity contribution in [3.8, 4) is 11.3 Å². The summed E-state index contributed by atoms with van der Waals surface area (Å²) in [6, 6.07) is 7.35. The fourth-order valence-corrected chi connectivity index (χ4v) is 2.35. The predicted molar refractivity (Wildman–Crippen MR) is 85.0 cm³/mol. The van der Waals surface area contributed by atoms with Crippen LogP contribution < -0.4 is 5.32 Å². The van der Waals surface area contributed by atoms with E-state index in [2.05, 4.69) is 31.2 Å². The highest BCUT2D eigenvalue weighted by Gasteiger charge is 2.07. The van der Waals surface area contributed by atoms with Crippen molar-refractivity contribution in [2.45, 2.75) is 6.54 Å². The molecule has 3 aromatic heterocycles. The number of pyridine rings is 2. The van der Waals surface area contributed by atoms with Crippen molar-refractivity contribution >= 4 is 21.8 Å². The Morgan fingerprint density at radius 2 is 2.05 bits per heavy atom. The van der Waals surface area contributed by atoms with Crippen molar-refractivity contribution in [1.29, 1.82) is 0 Å². The standard InChI is InChI=1S/C16H12BrN3O2/c17-14-5-13(9-19-10-14)16(21)20-7-11-4-12(8-18-6-11)15-2-1-3-22-15/h1-6,8-10H,7H2,(H,20,21). The molecule has 0 unspecified atom stereocenters. The lowest BCUT2D eigenvalue weighted by Gasteiger charge is -2.06. The Kier molecular flexibility index (Phi) is 4.29. The molecule has 0 aromatic carbocycles. The van der Waals surface area contributed by atoms with E-state index in [0.29, 0.717) is 12.1 Å². The zero-order valence-corrected chi connectivity index (χ0v) is 13.1. The summed E-state index contributed by atoms with van der Waals surface area (Å²) in [7, 11) is 0. The lowest BCUT2D eigenvalue weighted by atomic mass is 10.1. The SMILES string of the molecule is O=C(NCc1cncc(-c2ccco2)c1)c1cncc(Br)c1. The van der Waals surface area contributed by atoms with Gasteiger partial charge >= 0.3 is 0 Å². The number of carbonyl (C=O) groups excluding carboxylic acids is 1. The minimum absolute atomic E-state index is 0.183. The Balaban J connectivity index is 1.69. The van der Waals surface area contributed by atoms with E-state index >= 15 is 0 Å². The molecule has 0 saturated carbocycles. The van der Waals surface area contributed by atoms with E-state index in [9.17, 15) is 4.79 Å². The van der Waals surface area contributed by atoms with Crippen molar-refractivity contribution in [3.63, 3.8) is 0 Å². The van der Waals surface area contributed by atoms with Crippen LogP contribution in [0.5, 0.6) is 0 Å². The predicted octanol–water partition coefficient (Wildman–Crippen LogP) is 3.43. The molecule has 3 aromatic rings. The van der Waals surface area contributed by atoms with Crippen molar-refractivity contribution in [2.75, 3.05) is 0 Å². The summed E-state index contributed by atoms with van der Waals surface area (Å²) in [6.45, 7) is 0.382. The van der Waals surface area contributed by atoms with Gasteiger partial charge in [0, 0.05) is 41.4 Å². The number of hydrogen-bond acceptors (Lipinski definition) is 4. The Morgan fingerprint density at radius 3 is 2.82 bits per heavy atom. The van der Waals surface area contributed by atoms with Gasteiger partial charge in [0.05, 0.1) is 11.8 Å². The van der Waals surface area contributed by atoms with E-state index in [1.54, 1.807) is 30.9 Å². The quantitative estimate of drug-likeness (QED) is 0.776. The molecule has 0 bridgehead atoms. The van der Waals surface area contributed by atoms with Gasteiger partial charge < -0.3 is 9.73 Å². The molecule has 0 fully saturated rings. The molecule has 0 radical (unpaired) electrons. The molecule has 0 spiro atoms. The van der Waals surface area contributed by atoms with E-state index in [1.807, 2.05) is 18.2 Å². The van der Waals surface area contributed by atoms with Crippen LogP contribution in [0.25, 0.3) is 11.3 Å². The number of nitrogens with one attached hydrogen (secondary N) is 1. The second-order valence-electron chi connectivity index (χ2n) is 4.63. The average Bonchev–Trinajstić information content (AvgIpc) is 3.07. The maximum absolute atomic E-state index is 12.1. The molecular weight excluding hydrogens is 346 g/mol. The third-order valence-electron chi connectivity index (χ3n) is 3.02. The molecule has 1 amide bonds. The Hall–Kier alpha value is -2.47. The number of furan rings is 1. The molecule has 0 aliphatic heterocycles. The normalized spacial score (nSPS) is 10.4. The van der Waals surface area contributed by atoms with Gasteiger partial charge in [-0.05, 0) is 45.8 Å². The van der Waals surface area contributed by atoms with E-state index < -0.39 is 0 Å². The first kappa shape index (κ1) is 14.5. The number of rotatable bonds is 4. The summed E-state index contributed by atoms with van der Waals surface area (Å²) >= 11 is 3.30. The maximum atomic E-state index is 12.1. The Bertz CT molecular complexity index is 788. The minimum atomic E-state index is -0.183. The first-order chi connectivity index (χ1) is 10.7. The van der Waals surface area contributed by atoms with Gasteiger partial charge in [0.15, 0.2) is 0 Å². The number of hydrogen-bond donors (Lipinski definition) is 1. The molecule has 5 nitrogen and oxygen atoms in total. The first-order valence-corrected chi connectivity index (χ1v) is 7.38. The number of nitrogens with zero attached hydrogens (tertiary/aromatic N) is 2. The molecular formula is C16H12BrN3O2. The summed E-state index contributed by atoms with van der Waals surface area (Å²) in [5.74, 6) is 0.564. The molecule has 22 heavy (non-hydrogen) atoms. The second-order valence-corrected chi connectivity index (χ2v) is 5.55. The Labute approximate surface area is 135 Å². The molecule has 0 atom stereocenters. The molecule has 0 aliphatic carbocycles. The topological polar surface area (TPSA) is 68.0 Å². The third-order valence-corrected chi connectivity index (χ3v) is 3.45. The average molecular weight is 358 g/mol. The van der Waals surface area contributed by atoms with Crippen LogP contribution in [-0.4, -0.2) is 15.9 Å². The lowest BCUT2D eigenvalue weighted by molar-refractivity contribution is 0.0950. The van der Waals surface area contributed by atoms with Crippen molar-refractivity contribution in [1.82, 2.24) is 15.3 Å². The minimum Gasteiger partial charge on any atom is -0.464 e. The summed E-state index contributed by atoms with van der Waals surface area (Å²) in [6.07, 6.45) is 8.21. The highest BCUT2D eigenvalue weighted by atomic mass is 79.9. The smallest absolute Gasteiger partial charge is 0.253 e. The number of carbonyl (C=O) groups is 1. The summed E-state index contributed by atoms with van der Waals surface area (Å²) < 4.78 is 6.11. The van der Waals surface area contributed by atoms with Crippen LogP contribution in [0.4, 0.5) is 0 Å². The van der Waals surface area contributed by atoms with Crippen LogP contribution in [0, 0.1) is 0 Å². The van der Waals surface area contributed by atoms with Gasteiger partial charge in [0.25, 0.3) is 5.91 Å². The maximum Gasteiger partial charge on any atom is 0.253 e. The molecule has 0 saturated heterocycles. The summed E-state index contributed by atoms with van der Waals surface area (Å²) in [5.41, 5.74) is 2.27. The fraction of sp³-hybridized carbons (Fsp3) is 0.0625. The Morgan fingerprint density at radius 1 is 1.18 bits per heavy atom. The molecule has 1 N–H and O–H groups in total. The first-order valence-electron chi connectivity index (χ1n) is 6.59. The van der Waals surface area contributed by atoms with Gasteiger partial charge in [-0.3, -0.25) is 14.8 Å². The highest BCUT2D eigenvalue weighted by Crippen LogP contribution is 2.19. The van der Waals surface area contributed by atoms with E-state index in [0.717, 1.165) is 21.4 Å². The van der Waals surface area contributed by atoms with E-state index in [1.165, 1.54) is 6.20 Å². The van der Waals surface area contributed by atoms with Crippen LogP contribution in [-0.2, 0) is 6.54 Å². The van der Waals surface area contributed by atoms with Crippen LogP contribution in [0.2, 0.25) is 0 Å². The fourth-order valence-electron chi connectivity index (χ4n) is 1.98. The van der Waals surface area contributed by atoms with Crippen molar-refractivity contribution < 1.29 is 9.21 Å². The zero-order chi connectivity index (χ0) is 15.4. The van der Waals surface area contributed by atoms with E-state index in [-0.39, 0.29) is 5.91 Å². The zero-order valence-electron chi connectivity index (χ0n) is 11.5.